The maximum absolute atomic E-state index is 12.2. The highest BCUT2D eigenvalue weighted by atomic mass is 32.2. The molecule has 0 bridgehead atoms. The van der Waals surface area contributed by atoms with Crippen molar-refractivity contribution in [1.29, 1.82) is 0 Å². The molecule has 1 aliphatic rings. The first-order valence-corrected chi connectivity index (χ1v) is 8.85. The third kappa shape index (κ3) is 3.87. The number of amides is 2. The largest absolute Gasteiger partial charge is 0.394 e. The van der Waals surface area contributed by atoms with Gasteiger partial charge < -0.3 is 15.7 Å². The van der Waals surface area contributed by atoms with Crippen LogP contribution in [-0.2, 0) is 26.6 Å². The normalized spacial score (nSPS) is 15.2. The van der Waals surface area contributed by atoms with Gasteiger partial charge in [-0.05, 0) is 27.2 Å². The predicted octanol–water partition coefficient (Wildman–Crippen LogP) is 1.21. The molecule has 0 unspecified atom stereocenters. The van der Waals surface area contributed by atoms with E-state index in [0.717, 1.165) is 22.8 Å². The van der Waals surface area contributed by atoms with Gasteiger partial charge in [0.15, 0.2) is 0 Å². The maximum atomic E-state index is 12.2. The Morgan fingerprint density at radius 3 is 2.61 bits per heavy atom. The summed E-state index contributed by atoms with van der Waals surface area (Å²) < 4.78 is 1.77. The summed E-state index contributed by atoms with van der Waals surface area (Å²) in [5.74, 6) is 0.705. The molecule has 3 N–H and O–H groups in total. The summed E-state index contributed by atoms with van der Waals surface area (Å²) in [6, 6.07) is -0.415. The third-order valence-corrected chi connectivity index (χ3v) is 4.64. The zero-order valence-electron chi connectivity index (χ0n) is 14.0. The summed E-state index contributed by atoms with van der Waals surface area (Å²) in [7, 11) is 0. The van der Waals surface area contributed by atoms with Crippen LogP contribution in [0.5, 0.6) is 0 Å². The second kappa shape index (κ2) is 6.92. The van der Waals surface area contributed by atoms with Crippen LogP contribution in [-0.4, -0.2) is 39.4 Å². The molecule has 8 heteroatoms. The van der Waals surface area contributed by atoms with Gasteiger partial charge in [-0.25, -0.2) is 4.68 Å². The van der Waals surface area contributed by atoms with Crippen molar-refractivity contribution in [2.75, 3.05) is 11.9 Å². The van der Waals surface area contributed by atoms with Crippen LogP contribution >= 0.6 is 11.8 Å². The van der Waals surface area contributed by atoms with E-state index in [-0.39, 0.29) is 12.1 Å². The van der Waals surface area contributed by atoms with Crippen molar-refractivity contribution in [2.45, 2.75) is 57.2 Å². The first-order valence-electron chi connectivity index (χ1n) is 7.69. The Morgan fingerprint density at radius 2 is 2.04 bits per heavy atom. The van der Waals surface area contributed by atoms with E-state index in [4.69, 9.17) is 5.11 Å². The number of thioether (sulfide) groups is 1. The van der Waals surface area contributed by atoms with Gasteiger partial charge in [0.05, 0.1) is 23.9 Å². The molecule has 23 heavy (non-hydrogen) atoms. The minimum Gasteiger partial charge on any atom is -0.394 e. The summed E-state index contributed by atoms with van der Waals surface area (Å²) in [4.78, 5) is 24.2. The fourth-order valence-corrected chi connectivity index (χ4v) is 3.35. The molecule has 2 rings (SSSR count). The molecule has 1 aliphatic heterocycles. The molecule has 1 aromatic rings. The number of hydrogen-bond acceptors (Lipinski definition) is 5. The zero-order valence-corrected chi connectivity index (χ0v) is 14.8. The minimum atomic E-state index is -0.744. The Bertz CT molecular complexity index is 603. The molecule has 2 heterocycles. The molecule has 0 fully saturated rings. The molecule has 0 radical (unpaired) electrons. The zero-order chi connectivity index (χ0) is 17.2. The molecule has 0 saturated heterocycles. The second-order valence-electron chi connectivity index (χ2n) is 6.56. The molecule has 128 valence electrons. The lowest BCUT2D eigenvalue weighted by molar-refractivity contribution is -0.136. The van der Waals surface area contributed by atoms with E-state index in [2.05, 4.69) is 15.7 Å². The molecular formula is C15H24N4O3S. The van der Waals surface area contributed by atoms with E-state index in [1.165, 1.54) is 0 Å². The molecule has 0 spiro atoms. The monoisotopic (exact) mass is 340 g/mol. The summed E-state index contributed by atoms with van der Waals surface area (Å²) >= 11 is 1.74. The van der Waals surface area contributed by atoms with Crippen LogP contribution in [0.15, 0.2) is 0 Å². The number of carbonyl (C=O) groups excluding carboxylic acids is 2. The Hall–Kier alpha value is -1.54. The highest BCUT2D eigenvalue weighted by molar-refractivity contribution is 7.98. The van der Waals surface area contributed by atoms with Gasteiger partial charge in [-0.1, -0.05) is 6.92 Å². The average Bonchev–Trinajstić information content (AvgIpc) is 3.06. The van der Waals surface area contributed by atoms with E-state index in [9.17, 15) is 9.59 Å². The van der Waals surface area contributed by atoms with Crippen LogP contribution in [0.3, 0.4) is 0 Å². The number of carbonyl (C=O) groups is 2. The first-order chi connectivity index (χ1) is 10.8. The molecule has 7 nitrogen and oxygen atoms in total. The van der Waals surface area contributed by atoms with Gasteiger partial charge in [0, 0.05) is 17.1 Å². The molecular weight excluding hydrogens is 316 g/mol. The highest BCUT2D eigenvalue weighted by Crippen LogP contribution is 2.37. The standard InChI is InChI=1S/C15H24N4O3S/c1-5-9(6-20)16-13(21)14(22)17-12-10-7-23-8-11(10)18-19(12)15(2,3)4/h9,20H,5-8H2,1-4H3,(H,16,21)(H,17,22)/t9-/m1/s1. The number of nitrogens with one attached hydrogen (secondary N) is 2. The van der Waals surface area contributed by atoms with Crippen LogP contribution in [0.1, 0.15) is 45.4 Å². The SMILES string of the molecule is CC[C@H](CO)NC(=O)C(=O)Nc1c2c(nn1C(C)(C)C)CSC2. The van der Waals surface area contributed by atoms with Gasteiger partial charge in [-0.3, -0.25) is 9.59 Å². The van der Waals surface area contributed by atoms with Gasteiger partial charge in [0.1, 0.15) is 5.82 Å². The van der Waals surface area contributed by atoms with E-state index < -0.39 is 17.9 Å². The Kier molecular flexibility index (Phi) is 5.36. The quantitative estimate of drug-likeness (QED) is 0.716. The van der Waals surface area contributed by atoms with Crippen molar-refractivity contribution in [1.82, 2.24) is 15.1 Å². The third-order valence-electron chi connectivity index (χ3n) is 3.67. The number of nitrogens with zero attached hydrogens (tertiary/aromatic N) is 2. The van der Waals surface area contributed by atoms with Gasteiger partial charge in [0.2, 0.25) is 0 Å². The molecule has 0 aromatic carbocycles. The molecule has 1 aromatic heterocycles. The predicted molar refractivity (Wildman–Crippen MR) is 90.2 cm³/mol. The van der Waals surface area contributed by atoms with Crippen LogP contribution in [0, 0.1) is 0 Å². The van der Waals surface area contributed by atoms with Gasteiger partial charge in [-0.15, -0.1) is 0 Å². The van der Waals surface area contributed by atoms with Gasteiger partial charge >= 0.3 is 11.8 Å². The van der Waals surface area contributed by atoms with Crippen molar-refractivity contribution in [3.63, 3.8) is 0 Å². The smallest absolute Gasteiger partial charge is 0.314 e. The number of hydrogen-bond donors (Lipinski definition) is 3. The molecule has 0 saturated carbocycles. The molecule has 1 atom stereocenters. The molecule has 0 aliphatic carbocycles. The number of fused-ring (bicyclic) bond motifs is 1. The van der Waals surface area contributed by atoms with E-state index >= 15 is 0 Å². The number of aromatic nitrogens is 2. The van der Waals surface area contributed by atoms with E-state index in [0.29, 0.717) is 12.2 Å². The van der Waals surface area contributed by atoms with Gasteiger partial charge in [0.25, 0.3) is 0 Å². The summed E-state index contributed by atoms with van der Waals surface area (Å²) in [6.07, 6.45) is 0.557. The van der Waals surface area contributed by atoms with Crippen molar-refractivity contribution >= 4 is 29.4 Å². The lowest BCUT2D eigenvalue weighted by atomic mass is 10.1. The summed E-state index contributed by atoms with van der Waals surface area (Å²) in [5.41, 5.74) is 1.65. The Labute approximate surface area is 140 Å². The van der Waals surface area contributed by atoms with Gasteiger partial charge in [-0.2, -0.15) is 16.9 Å². The van der Waals surface area contributed by atoms with Crippen LogP contribution in [0.2, 0.25) is 0 Å². The van der Waals surface area contributed by atoms with E-state index in [1.54, 1.807) is 16.4 Å². The first kappa shape index (κ1) is 17.8. The topological polar surface area (TPSA) is 96.2 Å². The number of rotatable bonds is 4. The fourth-order valence-electron chi connectivity index (χ4n) is 2.32. The highest BCUT2D eigenvalue weighted by Gasteiger charge is 2.30. The van der Waals surface area contributed by atoms with E-state index in [1.807, 2.05) is 27.7 Å². The van der Waals surface area contributed by atoms with Crippen molar-refractivity contribution < 1.29 is 14.7 Å². The minimum absolute atomic E-state index is 0.193. The fraction of sp³-hybridized carbons (Fsp3) is 0.667. The lowest BCUT2D eigenvalue weighted by Crippen LogP contribution is -2.43. The van der Waals surface area contributed by atoms with Crippen molar-refractivity contribution in [3.05, 3.63) is 11.3 Å². The summed E-state index contributed by atoms with van der Waals surface area (Å²) in [6.45, 7) is 7.63. The average molecular weight is 340 g/mol. The molecule has 2 amide bonds. The number of anilines is 1. The van der Waals surface area contributed by atoms with Crippen molar-refractivity contribution in [3.8, 4) is 0 Å². The van der Waals surface area contributed by atoms with Crippen molar-refractivity contribution in [2.24, 2.45) is 0 Å². The van der Waals surface area contributed by atoms with Crippen LogP contribution in [0.4, 0.5) is 5.82 Å². The number of aliphatic hydroxyl groups excluding tert-OH is 1. The Balaban J connectivity index is 2.19. The lowest BCUT2D eigenvalue weighted by Gasteiger charge is -2.23. The maximum Gasteiger partial charge on any atom is 0.314 e. The Morgan fingerprint density at radius 1 is 1.35 bits per heavy atom. The summed E-state index contributed by atoms with van der Waals surface area (Å²) in [5, 5.41) is 18.9. The van der Waals surface area contributed by atoms with Crippen LogP contribution < -0.4 is 10.6 Å². The number of aliphatic hydroxyl groups is 1. The van der Waals surface area contributed by atoms with Crippen LogP contribution in [0.25, 0.3) is 0 Å². The second-order valence-corrected chi connectivity index (χ2v) is 7.55.